The van der Waals surface area contributed by atoms with E-state index in [1.807, 2.05) is 12.1 Å². The smallest absolute Gasteiger partial charge is 0.122 e. The highest BCUT2D eigenvalue weighted by atomic mass is 35.5. The van der Waals surface area contributed by atoms with E-state index in [9.17, 15) is 0 Å². The Kier molecular flexibility index (Phi) is 7.21. The second kappa shape index (κ2) is 9.45. The van der Waals surface area contributed by atoms with Crippen molar-refractivity contribution in [3.05, 3.63) is 57.1 Å². The summed E-state index contributed by atoms with van der Waals surface area (Å²) in [5.41, 5.74) is 5.17. The molecule has 2 heterocycles. The van der Waals surface area contributed by atoms with Gasteiger partial charge in [0.1, 0.15) is 5.75 Å². The van der Waals surface area contributed by atoms with Gasteiger partial charge in [-0.05, 0) is 80.1 Å². The fourth-order valence-electron chi connectivity index (χ4n) is 3.85. The Morgan fingerprint density at radius 1 is 1.18 bits per heavy atom. The van der Waals surface area contributed by atoms with E-state index in [0.29, 0.717) is 0 Å². The lowest BCUT2D eigenvalue weighted by Gasteiger charge is -2.29. The quantitative estimate of drug-likeness (QED) is 0.438. The Labute approximate surface area is 182 Å². The average Bonchev–Trinajstić information content (AvgIpc) is 3.06. The van der Waals surface area contributed by atoms with E-state index in [2.05, 4.69) is 30.0 Å². The normalized spacial score (nSPS) is 14.0. The molecule has 1 aromatic heterocycles. The second-order valence-electron chi connectivity index (χ2n) is 7.29. The van der Waals surface area contributed by atoms with E-state index < -0.39 is 0 Å². The SMILES string of the molecule is COc1cc2c(cc1C)CCN(CCCCc1nc3cc(Cl)ccc3s1)C2.Cl. The minimum absolute atomic E-state index is 0. The molecule has 0 saturated carbocycles. The van der Waals surface area contributed by atoms with Crippen molar-refractivity contribution < 1.29 is 4.74 Å². The third-order valence-corrected chi connectivity index (χ3v) is 6.65. The highest BCUT2D eigenvalue weighted by Crippen LogP contribution is 2.28. The van der Waals surface area contributed by atoms with Gasteiger partial charge in [0.2, 0.25) is 0 Å². The van der Waals surface area contributed by atoms with E-state index in [1.54, 1.807) is 18.4 Å². The molecule has 0 saturated heterocycles. The summed E-state index contributed by atoms with van der Waals surface area (Å²) in [5.74, 6) is 1.01. The van der Waals surface area contributed by atoms with Gasteiger partial charge in [0.05, 0.1) is 22.3 Å². The van der Waals surface area contributed by atoms with Crippen molar-refractivity contribution >= 4 is 45.6 Å². The van der Waals surface area contributed by atoms with Crippen LogP contribution in [0.25, 0.3) is 10.2 Å². The van der Waals surface area contributed by atoms with Crippen molar-refractivity contribution in [2.24, 2.45) is 0 Å². The molecule has 6 heteroatoms. The van der Waals surface area contributed by atoms with Crippen LogP contribution in [0.15, 0.2) is 30.3 Å². The summed E-state index contributed by atoms with van der Waals surface area (Å²) in [6, 6.07) is 10.5. The van der Waals surface area contributed by atoms with Gasteiger partial charge < -0.3 is 4.74 Å². The van der Waals surface area contributed by atoms with Gasteiger partial charge >= 0.3 is 0 Å². The minimum Gasteiger partial charge on any atom is -0.496 e. The predicted molar refractivity (Wildman–Crippen MR) is 122 cm³/mol. The lowest BCUT2D eigenvalue weighted by Crippen LogP contribution is -2.31. The Hall–Kier alpha value is -1.33. The molecule has 0 fully saturated rings. The number of nitrogens with zero attached hydrogens (tertiary/aromatic N) is 2. The maximum Gasteiger partial charge on any atom is 0.122 e. The molecule has 0 N–H and O–H groups in total. The third-order valence-electron chi connectivity index (χ3n) is 5.32. The van der Waals surface area contributed by atoms with Gasteiger partial charge in [-0.2, -0.15) is 0 Å². The highest BCUT2D eigenvalue weighted by molar-refractivity contribution is 7.18. The van der Waals surface area contributed by atoms with Gasteiger partial charge in [-0.3, -0.25) is 4.90 Å². The number of aryl methyl sites for hydroxylation is 2. The third kappa shape index (κ3) is 4.80. The number of methoxy groups -OCH3 is 1. The number of fused-ring (bicyclic) bond motifs is 2. The molecule has 0 spiro atoms. The zero-order chi connectivity index (χ0) is 18.8. The van der Waals surface area contributed by atoms with Crippen molar-refractivity contribution in [3.63, 3.8) is 0 Å². The van der Waals surface area contributed by atoms with E-state index in [1.165, 1.54) is 39.2 Å². The maximum absolute atomic E-state index is 6.06. The predicted octanol–water partition coefficient (Wildman–Crippen LogP) is 6.07. The molecule has 150 valence electrons. The minimum atomic E-state index is 0. The van der Waals surface area contributed by atoms with Crippen molar-refractivity contribution in [3.8, 4) is 5.75 Å². The molecule has 0 bridgehead atoms. The van der Waals surface area contributed by atoms with Crippen LogP contribution < -0.4 is 4.74 Å². The number of ether oxygens (including phenoxy) is 1. The zero-order valence-electron chi connectivity index (χ0n) is 16.3. The summed E-state index contributed by atoms with van der Waals surface area (Å²) in [7, 11) is 1.76. The number of hydrogen-bond donors (Lipinski definition) is 0. The number of halogens is 2. The standard InChI is InChI=1S/C22H25ClN2OS.ClH/c1-15-11-16-8-10-25(14-17(16)12-20(15)26-2)9-4-3-5-22-24-19-13-18(23)6-7-21(19)27-22;/h6-7,11-13H,3-5,8-10,14H2,1-2H3;1H. The van der Waals surface area contributed by atoms with Crippen LogP contribution in [0.1, 0.15) is 34.5 Å². The van der Waals surface area contributed by atoms with Gasteiger partial charge in [-0.15, -0.1) is 23.7 Å². The molecule has 3 nitrogen and oxygen atoms in total. The van der Waals surface area contributed by atoms with E-state index >= 15 is 0 Å². The van der Waals surface area contributed by atoms with Crippen LogP contribution >= 0.6 is 35.3 Å². The molecule has 28 heavy (non-hydrogen) atoms. The highest BCUT2D eigenvalue weighted by Gasteiger charge is 2.17. The molecule has 0 unspecified atom stereocenters. The van der Waals surface area contributed by atoms with Crippen molar-refractivity contribution in [1.82, 2.24) is 9.88 Å². The summed E-state index contributed by atoms with van der Waals surface area (Å²) >= 11 is 7.85. The monoisotopic (exact) mass is 436 g/mol. The van der Waals surface area contributed by atoms with Gasteiger partial charge in [-0.25, -0.2) is 4.98 Å². The topological polar surface area (TPSA) is 25.4 Å². The molecular weight excluding hydrogens is 411 g/mol. The number of aromatic nitrogens is 1. The summed E-state index contributed by atoms with van der Waals surface area (Å²) in [5, 5.41) is 1.98. The fraction of sp³-hybridized carbons (Fsp3) is 0.409. The van der Waals surface area contributed by atoms with E-state index in [-0.39, 0.29) is 12.4 Å². The van der Waals surface area contributed by atoms with Crippen molar-refractivity contribution in [1.29, 1.82) is 0 Å². The van der Waals surface area contributed by atoms with Gasteiger partial charge in [0.25, 0.3) is 0 Å². The summed E-state index contributed by atoms with van der Waals surface area (Å²) in [4.78, 5) is 7.29. The number of benzene rings is 2. The first-order chi connectivity index (χ1) is 13.1. The molecule has 0 radical (unpaired) electrons. The van der Waals surface area contributed by atoms with E-state index in [4.69, 9.17) is 21.3 Å². The summed E-state index contributed by atoms with van der Waals surface area (Å²) in [6.07, 6.45) is 4.57. The van der Waals surface area contributed by atoms with Crippen LogP contribution in [0.5, 0.6) is 5.75 Å². The first kappa shape index (κ1) is 21.4. The largest absolute Gasteiger partial charge is 0.496 e. The Balaban J connectivity index is 0.00000225. The Morgan fingerprint density at radius 2 is 2.04 bits per heavy atom. The van der Waals surface area contributed by atoms with Crippen molar-refractivity contribution in [2.45, 2.75) is 39.2 Å². The van der Waals surface area contributed by atoms with Crippen LogP contribution in [-0.4, -0.2) is 30.1 Å². The average molecular weight is 437 g/mol. The Bertz CT molecular complexity index is 957. The fourth-order valence-corrected chi connectivity index (χ4v) is 5.00. The first-order valence-electron chi connectivity index (χ1n) is 9.56. The van der Waals surface area contributed by atoms with Crippen LogP contribution in [0, 0.1) is 6.92 Å². The number of thiazole rings is 1. The lowest BCUT2D eigenvalue weighted by molar-refractivity contribution is 0.248. The van der Waals surface area contributed by atoms with Gasteiger partial charge in [0.15, 0.2) is 0 Å². The molecular formula is C22H26Cl2N2OS. The second-order valence-corrected chi connectivity index (χ2v) is 8.85. The van der Waals surface area contributed by atoms with Crippen molar-refractivity contribution in [2.75, 3.05) is 20.2 Å². The van der Waals surface area contributed by atoms with Crippen LogP contribution in [0.2, 0.25) is 5.02 Å². The molecule has 0 amide bonds. The number of unbranched alkanes of at least 4 members (excludes halogenated alkanes) is 1. The first-order valence-corrected chi connectivity index (χ1v) is 10.8. The van der Waals surface area contributed by atoms with Crippen LogP contribution in [0.3, 0.4) is 0 Å². The van der Waals surface area contributed by atoms with Crippen LogP contribution in [-0.2, 0) is 19.4 Å². The molecule has 0 aliphatic carbocycles. The van der Waals surface area contributed by atoms with E-state index in [0.717, 1.165) is 48.8 Å². The molecule has 0 atom stereocenters. The Morgan fingerprint density at radius 3 is 2.86 bits per heavy atom. The lowest BCUT2D eigenvalue weighted by atomic mass is 9.96. The zero-order valence-corrected chi connectivity index (χ0v) is 18.7. The van der Waals surface area contributed by atoms with Gasteiger partial charge in [0, 0.05) is 18.1 Å². The maximum atomic E-state index is 6.06. The number of hydrogen-bond acceptors (Lipinski definition) is 4. The molecule has 1 aliphatic rings. The van der Waals surface area contributed by atoms with Gasteiger partial charge in [-0.1, -0.05) is 17.7 Å². The summed E-state index contributed by atoms with van der Waals surface area (Å²) < 4.78 is 6.72. The molecule has 2 aromatic carbocycles. The molecule has 1 aliphatic heterocycles. The number of rotatable bonds is 6. The molecule has 3 aromatic rings. The molecule has 4 rings (SSSR count). The van der Waals surface area contributed by atoms with Crippen LogP contribution in [0.4, 0.5) is 0 Å². The summed E-state index contributed by atoms with van der Waals surface area (Å²) in [6.45, 7) is 5.46.